The lowest BCUT2D eigenvalue weighted by molar-refractivity contribution is 0.0924. The first-order valence-electron chi connectivity index (χ1n) is 6.12. The molecular formula is C14H20BrNO2. The Hall–Kier alpha value is -1.03. The summed E-state index contributed by atoms with van der Waals surface area (Å²) in [6.45, 7) is 5.97. The van der Waals surface area contributed by atoms with Crippen LogP contribution in [0.1, 0.15) is 36.2 Å². The monoisotopic (exact) mass is 313 g/mol. The number of phenolic OH excluding ortho intramolecular Hbond substituents is 1. The van der Waals surface area contributed by atoms with Gasteiger partial charge in [-0.15, -0.1) is 0 Å². The van der Waals surface area contributed by atoms with E-state index in [0.29, 0.717) is 11.5 Å². The van der Waals surface area contributed by atoms with Gasteiger partial charge in [0.05, 0.1) is 0 Å². The van der Waals surface area contributed by atoms with E-state index in [0.717, 1.165) is 17.3 Å². The summed E-state index contributed by atoms with van der Waals surface area (Å²) in [6, 6.07) is 5.13. The van der Waals surface area contributed by atoms with Crippen molar-refractivity contribution in [3.63, 3.8) is 0 Å². The summed E-state index contributed by atoms with van der Waals surface area (Å²) in [6.07, 6.45) is 0.890. The van der Waals surface area contributed by atoms with Crippen molar-refractivity contribution < 1.29 is 9.90 Å². The first-order valence-corrected chi connectivity index (χ1v) is 7.24. The van der Waals surface area contributed by atoms with Gasteiger partial charge in [-0.05, 0) is 37.0 Å². The SMILES string of the molecule is Cc1ccc(C(=O)NC(CCBr)C(C)C)cc1O. The number of carbonyl (C=O) groups is 1. The van der Waals surface area contributed by atoms with Gasteiger partial charge in [-0.3, -0.25) is 4.79 Å². The number of carbonyl (C=O) groups excluding carboxylic acids is 1. The third-order valence-electron chi connectivity index (χ3n) is 3.01. The van der Waals surface area contributed by atoms with Crippen molar-refractivity contribution in [2.45, 2.75) is 33.2 Å². The maximum absolute atomic E-state index is 12.1. The van der Waals surface area contributed by atoms with E-state index in [1.54, 1.807) is 19.1 Å². The fraction of sp³-hybridized carbons (Fsp3) is 0.500. The summed E-state index contributed by atoms with van der Waals surface area (Å²) in [4.78, 5) is 12.1. The van der Waals surface area contributed by atoms with E-state index < -0.39 is 0 Å². The Labute approximate surface area is 117 Å². The highest BCUT2D eigenvalue weighted by molar-refractivity contribution is 9.09. The summed E-state index contributed by atoms with van der Waals surface area (Å²) < 4.78 is 0. The van der Waals surface area contributed by atoms with Gasteiger partial charge >= 0.3 is 0 Å². The summed E-state index contributed by atoms with van der Waals surface area (Å²) in [7, 11) is 0. The Morgan fingerprint density at radius 3 is 2.61 bits per heavy atom. The smallest absolute Gasteiger partial charge is 0.251 e. The lowest BCUT2D eigenvalue weighted by Crippen LogP contribution is -2.38. The number of halogens is 1. The molecule has 0 spiro atoms. The number of phenols is 1. The van der Waals surface area contributed by atoms with Crippen molar-refractivity contribution in [1.82, 2.24) is 5.32 Å². The zero-order chi connectivity index (χ0) is 13.7. The zero-order valence-corrected chi connectivity index (χ0v) is 12.6. The molecule has 3 nitrogen and oxygen atoms in total. The minimum absolute atomic E-state index is 0.134. The van der Waals surface area contributed by atoms with Crippen LogP contribution in [-0.4, -0.2) is 22.4 Å². The Morgan fingerprint density at radius 2 is 2.11 bits per heavy atom. The lowest BCUT2D eigenvalue weighted by atomic mass is 10.0. The number of hydrogen-bond donors (Lipinski definition) is 2. The number of aromatic hydroxyl groups is 1. The van der Waals surface area contributed by atoms with Crippen LogP contribution in [0.15, 0.2) is 18.2 Å². The third kappa shape index (κ3) is 4.02. The van der Waals surface area contributed by atoms with E-state index >= 15 is 0 Å². The first kappa shape index (κ1) is 15.0. The fourth-order valence-corrected chi connectivity index (χ4v) is 2.19. The van der Waals surface area contributed by atoms with E-state index in [9.17, 15) is 9.90 Å². The molecule has 0 aliphatic carbocycles. The van der Waals surface area contributed by atoms with Gasteiger partial charge in [-0.2, -0.15) is 0 Å². The average molecular weight is 314 g/mol. The van der Waals surface area contributed by atoms with Gasteiger partial charge in [0.1, 0.15) is 5.75 Å². The van der Waals surface area contributed by atoms with Crippen LogP contribution in [0, 0.1) is 12.8 Å². The minimum Gasteiger partial charge on any atom is -0.508 e. The maximum Gasteiger partial charge on any atom is 0.251 e. The van der Waals surface area contributed by atoms with Crippen molar-refractivity contribution in [2.24, 2.45) is 5.92 Å². The molecule has 2 N–H and O–H groups in total. The van der Waals surface area contributed by atoms with Crippen molar-refractivity contribution in [1.29, 1.82) is 0 Å². The molecule has 100 valence electrons. The summed E-state index contributed by atoms with van der Waals surface area (Å²) in [5.41, 5.74) is 1.27. The number of aryl methyl sites for hydroxylation is 1. The highest BCUT2D eigenvalue weighted by Crippen LogP contribution is 2.18. The standard InChI is InChI=1S/C14H20BrNO2/c1-9(2)12(6-7-15)16-14(18)11-5-4-10(3)13(17)8-11/h4-5,8-9,12,17H,6-7H2,1-3H3,(H,16,18). The summed E-state index contributed by atoms with van der Waals surface area (Å²) in [5, 5.41) is 13.5. The number of alkyl halides is 1. The number of rotatable bonds is 5. The Kier molecular flexibility index (Phi) is 5.66. The van der Waals surface area contributed by atoms with Crippen LogP contribution in [0.2, 0.25) is 0 Å². The maximum atomic E-state index is 12.1. The average Bonchev–Trinajstić information content (AvgIpc) is 2.31. The van der Waals surface area contributed by atoms with Crippen molar-refractivity contribution >= 4 is 21.8 Å². The quantitative estimate of drug-likeness (QED) is 0.820. The van der Waals surface area contributed by atoms with Gasteiger partial charge in [0.15, 0.2) is 0 Å². The molecule has 1 aromatic rings. The molecule has 4 heteroatoms. The molecule has 0 heterocycles. The van der Waals surface area contributed by atoms with Crippen LogP contribution in [0.3, 0.4) is 0 Å². The molecule has 0 radical (unpaired) electrons. The first-order chi connectivity index (χ1) is 8.45. The largest absolute Gasteiger partial charge is 0.508 e. The number of hydrogen-bond acceptors (Lipinski definition) is 2. The summed E-state index contributed by atoms with van der Waals surface area (Å²) >= 11 is 3.39. The molecule has 0 fully saturated rings. The van der Waals surface area contributed by atoms with Crippen LogP contribution in [-0.2, 0) is 0 Å². The van der Waals surface area contributed by atoms with Crippen LogP contribution in [0.5, 0.6) is 5.75 Å². The van der Waals surface area contributed by atoms with Gasteiger partial charge in [0, 0.05) is 16.9 Å². The number of amides is 1. The molecule has 18 heavy (non-hydrogen) atoms. The Balaban J connectivity index is 2.77. The highest BCUT2D eigenvalue weighted by atomic mass is 79.9. The van der Waals surface area contributed by atoms with Crippen molar-refractivity contribution in [3.05, 3.63) is 29.3 Å². The van der Waals surface area contributed by atoms with Crippen molar-refractivity contribution in [2.75, 3.05) is 5.33 Å². The van der Waals surface area contributed by atoms with E-state index in [2.05, 4.69) is 35.1 Å². The second-order valence-corrected chi connectivity index (χ2v) is 5.60. The topological polar surface area (TPSA) is 49.3 Å². The Morgan fingerprint density at radius 1 is 1.44 bits per heavy atom. The van der Waals surface area contributed by atoms with Crippen LogP contribution < -0.4 is 5.32 Å². The molecular weight excluding hydrogens is 294 g/mol. The molecule has 0 saturated carbocycles. The van der Waals surface area contributed by atoms with E-state index in [-0.39, 0.29) is 17.7 Å². The Bertz CT molecular complexity index is 418. The molecule has 0 saturated heterocycles. The van der Waals surface area contributed by atoms with Crippen molar-refractivity contribution in [3.8, 4) is 5.75 Å². The predicted molar refractivity (Wildman–Crippen MR) is 77.3 cm³/mol. The van der Waals surface area contributed by atoms with Gasteiger partial charge in [-0.25, -0.2) is 0 Å². The normalized spacial score (nSPS) is 12.5. The fourth-order valence-electron chi connectivity index (χ4n) is 1.69. The molecule has 1 atom stereocenters. The molecule has 1 aromatic carbocycles. The molecule has 0 aromatic heterocycles. The van der Waals surface area contributed by atoms with Gasteiger partial charge in [-0.1, -0.05) is 35.8 Å². The van der Waals surface area contributed by atoms with E-state index in [1.165, 1.54) is 6.07 Å². The zero-order valence-electron chi connectivity index (χ0n) is 11.0. The molecule has 0 aliphatic heterocycles. The molecule has 0 bridgehead atoms. The van der Waals surface area contributed by atoms with E-state index in [1.807, 2.05) is 0 Å². The molecule has 1 unspecified atom stereocenters. The van der Waals surface area contributed by atoms with Gasteiger partial charge in [0.25, 0.3) is 5.91 Å². The summed E-state index contributed by atoms with van der Waals surface area (Å²) in [5.74, 6) is 0.403. The second-order valence-electron chi connectivity index (χ2n) is 4.80. The minimum atomic E-state index is -0.134. The third-order valence-corrected chi connectivity index (χ3v) is 3.47. The molecule has 1 rings (SSSR count). The highest BCUT2D eigenvalue weighted by Gasteiger charge is 2.16. The predicted octanol–water partition coefficient (Wildman–Crippen LogP) is 3.24. The van der Waals surface area contributed by atoms with Gasteiger partial charge in [0.2, 0.25) is 0 Å². The van der Waals surface area contributed by atoms with Gasteiger partial charge < -0.3 is 10.4 Å². The molecule has 1 amide bonds. The van der Waals surface area contributed by atoms with Crippen LogP contribution in [0.25, 0.3) is 0 Å². The number of nitrogens with one attached hydrogen (secondary N) is 1. The lowest BCUT2D eigenvalue weighted by Gasteiger charge is -2.21. The van der Waals surface area contributed by atoms with Crippen LogP contribution >= 0.6 is 15.9 Å². The molecule has 0 aliphatic rings. The second kappa shape index (κ2) is 6.78. The van der Waals surface area contributed by atoms with Crippen LogP contribution in [0.4, 0.5) is 0 Å². The number of benzene rings is 1. The van der Waals surface area contributed by atoms with E-state index in [4.69, 9.17) is 0 Å².